The molecule has 8 heteroatoms. The monoisotopic (exact) mass is 394 g/mol. The summed E-state index contributed by atoms with van der Waals surface area (Å²) in [6, 6.07) is 13.1. The van der Waals surface area contributed by atoms with Crippen molar-refractivity contribution in [1.82, 2.24) is 15.2 Å². The van der Waals surface area contributed by atoms with Gasteiger partial charge < -0.3 is 14.5 Å². The number of fused-ring (bicyclic) bond motifs is 1. The van der Waals surface area contributed by atoms with Gasteiger partial charge in [-0.25, -0.2) is 0 Å². The van der Waals surface area contributed by atoms with Crippen molar-refractivity contribution < 1.29 is 14.3 Å². The predicted molar refractivity (Wildman–Crippen MR) is 109 cm³/mol. The van der Waals surface area contributed by atoms with Gasteiger partial charge in [-0.15, -0.1) is 10.2 Å². The Balaban J connectivity index is 1.48. The Hall–Kier alpha value is -3.39. The van der Waals surface area contributed by atoms with Crippen LogP contribution in [0.2, 0.25) is 0 Å². The zero-order chi connectivity index (χ0) is 19.5. The Morgan fingerprint density at radius 3 is 2.75 bits per heavy atom. The summed E-state index contributed by atoms with van der Waals surface area (Å²) in [5, 5.41) is 13.5. The van der Waals surface area contributed by atoms with E-state index in [1.807, 2.05) is 24.4 Å². The van der Waals surface area contributed by atoms with E-state index in [2.05, 4.69) is 26.6 Å². The van der Waals surface area contributed by atoms with E-state index < -0.39 is 0 Å². The molecule has 0 bridgehead atoms. The number of benzene rings is 2. The van der Waals surface area contributed by atoms with Crippen molar-refractivity contribution in [2.75, 3.05) is 19.5 Å². The number of carbonyl (C=O) groups is 1. The second-order valence-electron chi connectivity index (χ2n) is 6.06. The third kappa shape index (κ3) is 3.54. The maximum absolute atomic E-state index is 12.5. The molecule has 142 valence electrons. The summed E-state index contributed by atoms with van der Waals surface area (Å²) in [6.07, 6.45) is 2.63. The molecule has 0 radical (unpaired) electrons. The molecular formula is C20H18N4O3S. The highest BCUT2D eigenvalue weighted by Gasteiger charge is 2.14. The maximum Gasteiger partial charge on any atom is 0.257 e. The van der Waals surface area contributed by atoms with E-state index in [0.717, 1.165) is 21.5 Å². The lowest BCUT2D eigenvalue weighted by Crippen LogP contribution is -2.11. The number of nitrogens with zero attached hydrogens (tertiary/aromatic N) is 2. The second kappa shape index (κ2) is 7.69. The highest BCUT2D eigenvalue weighted by molar-refractivity contribution is 7.15. The molecule has 0 fully saturated rings. The van der Waals surface area contributed by atoms with Gasteiger partial charge in [0, 0.05) is 29.1 Å². The summed E-state index contributed by atoms with van der Waals surface area (Å²) >= 11 is 1.36. The average molecular weight is 394 g/mol. The van der Waals surface area contributed by atoms with Crippen molar-refractivity contribution in [1.29, 1.82) is 0 Å². The van der Waals surface area contributed by atoms with E-state index in [1.165, 1.54) is 18.4 Å². The van der Waals surface area contributed by atoms with Crippen molar-refractivity contribution in [3.8, 4) is 11.5 Å². The first-order chi connectivity index (χ1) is 13.7. The molecule has 0 saturated heterocycles. The number of hydrogen-bond acceptors (Lipinski definition) is 6. The van der Waals surface area contributed by atoms with Crippen LogP contribution in [0.3, 0.4) is 0 Å². The minimum Gasteiger partial charge on any atom is -0.493 e. The fraction of sp³-hybridized carbons (Fsp3) is 0.150. The van der Waals surface area contributed by atoms with Gasteiger partial charge in [-0.3, -0.25) is 10.1 Å². The van der Waals surface area contributed by atoms with Crippen LogP contribution in [0.5, 0.6) is 11.5 Å². The first-order valence-electron chi connectivity index (χ1n) is 8.58. The summed E-state index contributed by atoms with van der Waals surface area (Å²) in [7, 11) is 3.08. The molecule has 4 rings (SSSR count). The summed E-state index contributed by atoms with van der Waals surface area (Å²) in [6.45, 7) is 0. The average Bonchev–Trinajstić information content (AvgIpc) is 3.34. The molecule has 2 aromatic heterocycles. The van der Waals surface area contributed by atoms with Crippen molar-refractivity contribution in [2.24, 2.45) is 0 Å². The molecule has 0 aliphatic carbocycles. The normalized spacial score (nSPS) is 10.8. The standard InChI is InChI=1S/C20H18N4O3S/c1-26-16-8-7-12(9-17(16)27-2)19(25)22-20-24-23-18(28-20)10-13-11-21-15-6-4-3-5-14(13)15/h3-9,11,21H,10H2,1-2H3,(H,22,24,25). The third-order valence-corrected chi connectivity index (χ3v) is 5.19. The lowest BCUT2D eigenvalue weighted by molar-refractivity contribution is 0.102. The van der Waals surface area contributed by atoms with Crippen molar-refractivity contribution in [2.45, 2.75) is 6.42 Å². The minimum atomic E-state index is -0.282. The molecule has 7 nitrogen and oxygen atoms in total. The zero-order valence-corrected chi connectivity index (χ0v) is 16.2. The van der Waals surface area contributed by atoms with Crippen molar-refractivity contribution in [3.63, 3.8) is 0 Å². The Bertz CT molecular complexity index is 1140. The van der Waals surface area contributed by atoms with Crippen LogP contribution < -0.4 is 14.8 Å². The van der Waals surface area contributed by atoms with Gasteiger partial charge in [-0.05, 0) is 29.8 Å². The van der Waals surface area contributed by atoms with Crippen LogP contribution in [-0.2, 0) is 6.42 Å². The largest absolute Gasteiger partial charge is 0.493 e. The Morgan fingerprint density at radius 1 is 1.11 bits per heavy atom. The number of amides is 1. The van der Waals surface area contributed by atoms with E-state index >= 15 is 0 Å². The number of methoxy groups -OCH3 is 2. The number of nitrogens with one attached hydrogen (secondary N) is 2. The van der Waals surface area contributed by atoms with Gasteiger partial charge in [0.25, 0.3) is 5.91 Å². The molecule has 2 aromatic carbocycles. The lowest BCUT2D eigenvalue weighted by atomic mass is 10.1. The van der Waals surface area contributed by atoms with E-state index in [1.54, 1.807) is 25.3 Å². The smallest absolute Gasteiger partial charge is 0.257 e. The molecule has 0 aliphatic heterocycles. The van der Waals surface area contributed by atoms with E-state index in [0.29, 0.717) is 28.6 Å². The minimum absolute atomic E-state index is 0.282. The van der Waals surface area contributed by atoms with Gasteiger partial charge in [-0.2, -0.15) is 0 Å². The number of aromatic nitrogens is 3. The molecule has 2 N–H and O–H groups in total. The summed E-state index contributed by atoms with van der Waals surface area (Å²) in [5.74, 6) is 0.777. The van der Waals surface area contributed by atoms with Gasteiger partial charge in [0.2, 0.25) is 5.13 Å². The van der Waals surface area contributed by atoms with E-state index in [-0.39, 0.29) is 5.91 Å². The quantitative estimate of drug-likeness (QED) is 0.518. The number of hydrogen-bond donors (Lipinski definition) is 2. The number of anilines is 1. The van der Waals surface area contributed by atoms with Crippen LogP contribution in [0.4, 0.5) is 5.13 Å². The maximum atomic E-state index is 12.5. The number of aromatic amines is 1. The number of para-hydroxylation sites is 1. The Labute approximate surface area is 165 Å². The lowest BCUT2D eigenvalue weighted by Gasteiger charge is -2.08. The zero-order valence-electron chi connectivity index (χ0n) is 15.4. The molecule has 0 aliphatic rings. The number of carbonyl (C=O) groups excluding carboxylic acids is 1. The third-order valence-electron chi connectivity index (χ3n) is 4.35. The van der Waals surface area contributed by atoms with E-state index in [9.17, 15) is 4.79 Å². The van der Waals surface area contributed by atoms with Crippen LogP contribution in [0, 0.1) is 0 Å². The van der Waals surface area contributed by atoms with Crippen LogP contribution in [0.25, 0.3) is 10.9 Å². The number of ether oxygens (including phenoxy) is 2. The van der Waals surface area contributed by atoms with E-state index in [4.69, 9.17) is 9.47 Å². The van der Waals surface area contributed by atoms with Crippen LogP contribution in [-0.4, -0.2) is 35.3 Å². The summed E-state index contributed by atoms with van der Waals surface area (Å²) < 4.78 is 10.4. The van der Waals surface area contributed by atoms with Crippen molar-refractivity contribution >= 4 is 33.3 Å². The first kappa shape index (κ1) is 18.0. The topological polar surface area (TPSA) is 89.1 Å². The Kier molecular flexibility index (Phi) is 4.94. The van der Waals surface area contributed by atoms with Crippen LogP contribution in [0.1, 0.15) is 20.9 Å². The second-order valence-corrected chi connectivity index (χ2v) is 7.12. The molecule has 4 aromatic rings. The van der Waals surface area contributed by atoms with Crippen LogP contribution in [0.15, 0.2) is 48.7 Å². The molecular weight excluding hydrogens is 376 g/mol. The first-order valence-corrected chi connectivity index (χ1v) is 9.40. The Morgan fingerprint density at radius 2 is 1.93 bits per heavy atom. The van der Waals surface area contributed by atoms with Gasteiger partial charge in [0.1, 0.15) is 5.01 Å². The molecule has 2 heterocycles. The molecule has 0 saturated carbocycles. The predicted octanol–water partition coefficient (Wildman–Crippen LogP) is 3.88. The van der Waals surface area contributed by atoms with Gasteiger partial charge in [-0.1, -0.05) is 29.5 Å². The van der Waals surface area contributed by atoms with Gasteiger partial charge in [0.15, 0.2) is 11.5 Å². The van der Waals surface area contributed by atoms with Gasteiger partial charge in [0.05, 0.1) is 14.2 Å². The molecule has 0 spiro atoms. The van der Waals surface area contributed by atoms with Gasteiger partial charge >= 0.3 is 0 Å². The fourth-order valence-electron chi connectivity index (χ4n) is 2.96. The molecule has 0 unspecified atom stereocenters. The molecule has 28 heavy (non-hydrogen) atoms. The SMILES string of the molecule is COc1ccc(C(=O)Nc2nnc(Cc3c[nH]c4ccccc34)s2)cc1OC. The highest BCUT2D eigenvalue weighted by Crippen LogP contribution is 2.28. The summed E-state index contributed by atoms with van der Waals surface area (Å²) in [5.41, 5.74) is 2.68. The number of rotatable bonds is 6. The highest BCUT2D eigenvalue weighted by atomic mass is 32.1. The molecule has 1 amide bonds. The summed E-state index contributed by atoms with van der Waals surface area (Å²) in [4.78, 5) is 15.8. The van der Waals surface area contributed by atoms with Crippen LogP contribution >= 0.6 is 11.3 Å². The molecule has 0 atom stereocenters. The number of H-pyrrole nitrogens is 1. The fourth-order valence-corrected chi connectivity index (χ4v) is 3.72. The van der Waals surface area contributed by atoms with Crippen molar-refractivity contribution in [3.05, 3.63) is 64.8 Å².